The Bertz CT molecular complexity index is 608. The zero-order valence-corrected chi connectivity index (χ0v) is 12.5. The fraction of sp³-hybridized carbons (Fsp3) is 0.353. The number of aliphatic hydroxyl groups is 1. The van der Waals surface area contributed by atoms with E-state index in [-0.39, 0.29) is 0 Å². The molecular formula is C17H21NO2. The van der Waals surface area contributed by atoms with Crippen molar-refractivity contribution < 1.29 is 9.84 Å². The van der Waals surface area contributed by atoms with Gasteiger partial charge >= 0.3 is 0 Å². The zero-order chi connectivity index (χ0) is 14.7. The molecule has 0 saturated carbocycles. The average Bonchev–Trinajstić information content (AvgIpc) is 2.49. The molecule has 1 atom stereocenters. The van der Waals surface area contributed by atoms with Crippen LogP contribution in [0.25, 0.3) is 0 Å². The molecule has 0 aliphatic rings. The molecule has 0 amide bonds. The molecular weight excluding hydrogens is 250 g/mol. The van der Waals surface area contributed by atoms with Crippen molar-refractivity contribution in [2.24, 2.45) is 0 Å². The lowest BCUT2D eigenvalue weighted by atomic mass is 9.96. The molecule has 1 N–H and O–H groups in total. The van der Waals surface area contributed by atoms with Crippen LogP contribution < -0.4 is 4.74 Å². The third-order valence-corrected chi connectivity index (χ3v) is 3.77. The molecule has 0 bridgehead atoms. The van der Waals surface area contributed by atoms with Gasteiger partial charge in [-0.1, -0.05) is 25.1 Å². The molecule has 0 radical (unpaired) electrons. The molecule has 1 aromatic heterocycles. The molecule has 0 saturated heterocycles. The van der Waals surface area contributed by atoms with Gasteiger partial charge in [0.2, 0.25) is 0 Å². The fourth-order valence-electron chi connectivity index (χ4n) is 2.44. The third-order valence-electron chi connectivity index (χ3n) is 3.77. The number of rotatable bonds is 4. The fourth-order valence-corrected chi connectivity index (χ4v) is 2.44. The second-order valence-electron chi connectivity index (χ2n) is 4.93. The molecule has 3 heteroatoms. The van der Waals surface area contributed by atoms with E-state index in [2.05, 4.69) is 11.9 Å². The van der Waals surface area contributed by atoms with Gasteiger partial charge in [0, 0.05) is 11.8 Å². The van der Waals surface area contributed by atoms with Crippen molar-refractivity contribution in [3.8, 4) is 5.75 Å². The summed E-state index contributed by atoms with van der Waals surface area (Å²) < 4.78 is 5.49. The van der Waals surface area contributed by atoms with Crippen LogP contribution in [0.1, 0.15) is 41.0 Å². The molecule has 1 unspecified atom stereocenters. The molecule has 2 rings (SSSR count). The van der Waals surface area contributed by atoms with E-state index in [1.807, 2.05) is 38.1 Å². The predicted octanol–water partition coefficient (Wildman–Crippen LogP) is 3.35. The number of ether oxygens (including phenoxy) is 1. The van der Waals surface area contributed by atoms with Crippen molar-refractivity contribution >= 4 is 0 Å². The highest BCUT2D eigenvalue weighted by molar-refractivity contribution is 5.48. The zero-order valence-electron chi connectivity index (χ0n) is 12.5. The Hall–Kier alpha value is -1.87. The van der Waals surface area contributed by atoms with E-state index in [0.717, 1.165) is 34.4 Å². The van der Waals surface area contributed by atoms with Gasteiger partial charge in [-0.05, 0) is 43.0 Å². The Balaban J connectivity index is 2.53. The lowest BCUT2D eigenvalue weighted by Gasteiger charge is -2.19. The summed E-state index contributed by atoms with van der Waals surface area (Å²) in [6, 6.07) is 7.82. The first-order valence-electron chi connectivity index (χ1n) is 6.86. The van der Waals surface area contributed by atoms with E-state index < -0.39 is 6.10 Å². The standard InChI is InChI=1S/C17H21NO2/c1-5-13-7-6-10-18-15(13)16(19)14-9-8-11(2)12(3)17(14)20-4/h6-10,16,19H,5H2,1-4H3. The van der Waals surface area contributed by atoms with Gasteiger partial charge in [-0.15, -0.1) is 0 Å². The van der Waals surface area contributed by atoms with Crippen LogP contribution in [0.4, 0.5) is 0 Å². The molecule has 3 nitrogen and oxygen atoms in total. The summed E-state index contributed by atoms with van der Waals surface area (Å²) in [5, 5.41) is 10.7. The van der Waals surface area contributed by atoms with E-state index in [1.165, 1.54) is 0 Å². The van der Waals surface area contributed by atoms with Crippen LogP contribution in [0, 0.1) is 13.8 Å². The van der Waals surface area contributed by atoms with Gasteiger partial charge in [-0.3, -0.25) is 4.98 Å². The first kappa shape index (κ1) is 14.5. The number of benzene rings is 1. The second kappa shape index (κ2) is 6.06. The smallest absolute Gasteiger partial charge is 0.128 e. The van der Waals surface area contributed by atoms with Crippen molar-refractivity contribution in [1.29, 1.82) is 0 Å². The van der Waals surface area contributed by atoms with Gasteiger partial charge < -0.3 is 9.84 Å². The number of pyridine rings is 1. The number of nitrogens with zero attached hydrogens (tertiary/aromatic N) is 1. The summed E-state index contributed by atoms with van der Waals surface area (Å²) in [5.41, 5.74) is 4.73. The van der Waals surface area contributed by atoms with Gasteiger partial charge in [0.05, 0.1) is 12.8 Å². The van der Waals surface area contributed by atoms with Crippen LogP contribution in [0.2, 0.25) is 0 Å². The summed E-state index contributed by atoms with van der Waals surface area (Å²) in [6.07, 6.45) is 1.79. The Labute approximate surface area is 120 Å². The highest BCUT2D eigenvalue weighted by Crippen LogP contribution is 2.34. The van der Waals surface area contributed by atoms with E-state index in [4.69, 9.17) is 4.74 Å². The number of methoxy groups -OCH3 is 1. The Morgan fingerprint density at radius 3 is 2.65 bits per heavy atom. The van der Waals surface area contributed by atoms with Gasteiger partial charge in [-0.25, -0.2) is 0 Å². The first-order valence-corrected chi connectivity index (χ1v) is 6.86. The van der Waals surface area contributed by atoms with E-state index >= 15 is 0 Å². The van der Waals surface area contributed by atoms with E-state index in [0.29, 0.717) is 5.69 Å². The van der Waals surface area contributed by atoms with Crippen LogP contribution in [0.3, 0.4) is 0 Å². The maximum absolute atomic E-state index is 10.7. The summed E-state index contributed by atoms with van der Waals surface area (Å²) in [4.78, 5) is 4.35. The van der Waals surface area contributed by atoms with Crippen LogP contribution in [-0.2, 0) is 6.42 Å². The first-order chi connectivity index (χ1) is 9.60. The summed E-state index contributed by atoms with van der Waals surface area (Å²) >= 11 is 0. The Kier molecular flexibility index (Phi) is 4.40. The van der Waals surface area contributed by atoms with Crippen molar-refractivity contribution in [3.63, 3.8) is 0 Å². The summed E-state index contributed by atoms with van der Waals surface area (Å²) in [6.45, 7) is 6.10. The number of aliphatic hydroxyl groups excluding tert-OH is 1. The average molecular weight is 271 g/mol. The molecule has 1 heterocycles. The maximum Gasteiger partial charge on any atom is 0.128 e. The normalized spacial score (nSPS) is 12.2. The number of hydrogen-bond donors (Lipinski definition) is 1. The minimum Gasteiger partial charge on any atom is -0.496 e. The molecule has 106 valence electrons. The molecule has 0 spiro atoms. The second-order valence-corrected chi connectivity index (χ2v) is 4.93. The SMILES string of the molecule is CCc1cccnc1C(O)c1ccc(C)c(C)c1OC. The lowest BCUT2D eigenvalue weighted by molar-refractivity contribution is 0.208. The molecule has 2 aromatic rings. The third kappa shape index (κ3) is 2.54. The molecule has 0 aliphatic heterocycles. The van der Waals surface area contributed by atoms with Crippen LogP contribution in [0.5, 0.6) is 5.75 Å². The number of aromatic nitrogens is 1. The Morgan fingerprint density at radius 1 is 1.25 bits per heavy atom. The molecule has 0 aliphatic carbocycles. The number of aryl methyl sites for hydroxylation is 2. The number of hydrogen-bond acceptors (Lipinski definition) is 3. The molecule has 0 fully saturated rings. The van der Waals surface area contributed by atoms with Crippen molar-refractivity contribution in [3.05, 3.63) is 58.4 Å². The van der Waals surface area contributed by atoms with Crippen LogP contribution in [0.15, 0.2) is 30.5 Å². The molecule has 20 heavy (non-hydrogen) atoms. The van der Waals surface area contributed by atoms with Crippen molar-refractivity contribution in [2.75, 3.05) is 7.11 Å². The minimum atomic E-state index is -0.764. The summed E-state index contributed by atoms with van der Waals surface area (Å²) in [5.74, 6) is 0.741. The topological polar surface area (TPSA) is 42.4 Å². The van der Waals surface area contributed by atoms with Crippen LogP contribution >= 0.6 is 0 Å². The van der Waals surface area contributed by atoms with Crippen molar-refractivity contribution in [2.45, 2.75) is 33.3 Å². The highest BCUT2D eigenvalue weighted by atomic mass is 16.5. The van der Waals surface area contributed by atoms with Crippen molar-refractivity contribution in [1.82, 2.24) is 4.98 Å². The predicted molar refractivity (Wildman–Crippen MR) is 80.1 cm³/mol. The molecule has 1 aromatic carbocycles. The summed E-state index contributed by atoms with van der Waals surface area (Å²) in [7, 11) is 1.64. The van der Waals surface area contributed by atoms with E-state index in [9.17, 15) is 5.11 Å². The largest absolute Gasteiger partial charge is 0.496 e. The monoisotopic (exact) mass is 271 g/mol. The Morgan fingerprint density at radius 2 is 2.00 bits per heavy atom. The van der Waals surface area contributed by atoms with E-state index in [1.54, 1.807) is 13.3 Å². The maximum atomic E-state index is 10.7. The van der Waals surface area contributed by atoms with Gasteiger partial charge in [0.1, 0.15) is 11.9 Å². The lowest BCUT2D eigenvalue weighted by Crippen LogP contribution is -2.08. The minimum absolute atomic E-state index is 0.705. The highest BCUT2D eigenvalue weighted by Gasteiger charge is 2.20. The quantitative estimate of drug-likeness (QED) is 0.927. The van der Waals surface area contributed by atoms with Gasteiger partial charge in [0.25, 0.3) is 0 Å². The van der Waals surface area contributed by atoms with Gasteiger partial charge in [0.15, 0.2) is 0 Å². The van der Waals surface area contributed by atoms with Gasteiger partial charge in [-0.2, -0.15) is 0 Å². The van der Waals surface area contributed by atoms with Crippen LogP contribution in [-0.4, -0.2) is 17.2 Å².